The summed E-state index contributed by atoms with van der Waals surface area (Å²) >= 11 is 0. The van der Waals surface area contributed by atoms with Crippen molar-refractivity contribution in [2.75, 3.05) is 0 Å². The van der Waals surface area contributed by atoms with Gasteiger partial charge in [0.15, 0.2) is 0 Å². The van der Waals surface area contributed by atoms with E-state index < -0.39 is 11.7 Å². The molecule has 0 spiro atoms. The fourth-order valence-electron chi connectivity index (χ4n) is 0.406. The standard InChI is InChI=1S/C4H3F3N2.C4H10/c5-4(6,7)3-1-8-9-2-3;1-4(2)3/h1-2H,(H,8,9);4H,1-3H3. The first-order valence-corrected chi connectivity index (χ1v) is 3.90. The molecule has 0 aliphatic heterocycles. The number of halogens is 3. The van der Waals surface area contributed by atoms with Gasteiger partial charge >= 0.3 is 6.18 Å². The molecule has 0 fully saturated rings. The zero-order chi connectivity index (χ0) is 10.5. The van der Waals surface area contributed by atoms with Gasteiger partial charge in [0.1, 0.15) is 0 Å². The smallest absolute Gasteiger partial charge is 0.285 e. The molecule has 0 radical (unpaired) electrons. The van der Waals surface area contributed by atoms with Gasteiger partial charge < -0.3 is 0 Å². The van der Waals surface area contributed by atoms with E-state index in [1.807, 2.05) is 0 Å². The van der Waals surface area contributed by atoms with Crippen LogP contribution in [0.15, 0.2) is 12.4 Å². The van der Waals surface area contributed by atoms with Crippen LogP contribution in [-0.2, 0) is 6.18 Å². The Balaban J connectivity index is 0.000000310. The van der Waals surface area contributed by atoms with E-state index in [1.165, 1.54) is 0 Å². The number of hydrogen-bond donors (Lipinski definition) is 1. The van der Waals surface area contributed by atoms with Gasteiger partial charge in [-0.05, 0) is 5.92 Å². The normalized spacial score (nSPS) is 11.0. The molecule has 0 aliphatic rings. The fourth-order valence-corrected chi connectivity index (χ4v) is 0.406. The second kappa shape index (κ2) is 4.89. The van der Waals surface area contributed by atoms with Gasteiger partial charge in [0.25, 0.3) is 0 Å². The summed E-state index contributed by atoms with van der Waals surface area (Å²) in [4.78, 5) is 0. The molecule has 0 saturated carbocycles. The molecule has 1 N–H and O–H groups in total. The van der Waals surface area contributed by atoms with E-state index in [4.69, 9.17) is 0 Å². The van der Waals surface area contributed by atoms with Gasteiger partial charge in [-0.15, -0.1) is 0 Å². The first-order valence-electron chi connectivity index (χ1n) is 3.90. The number of hydrogen-bond acceptors (Lipinski definition) is 1. The summed E-state index contributed by atoms with van der Waals surface area (Å²) in [7, 11) is 0. The van der Waals surface area contributed by atoms with Crippen LogP contribution >= 0.6 is 0 Å². The van der Waals surface area contributed by atoms with Crippen molar-refractivity contribution in [2.45, 2.75) is 26.9 Å². The highest BCUT2D eigenvalue weighted by Gasteiger charge is 2.31. The van der Waals surface area contributed by atoms with E-state index in [9.17, 15) is 13.2 Å². The Bertz CT molecular complexity index is 211. The SMILES string of the molecule is CC(C)C.FC(F)(F)c1cn[nH]c1. The summed E-state index contributed by atoms with van der Waals surface area (Å²) in [6.07, 6.45) is -2.73. The predicted molar refractivity (Wildman–Crippen MR) is 44.1 cm³/mol. The maximum Gasteiger partial charge on any atom is 0.419 e. The summed E-state index contributed by atoms with van der Waals surface area (Å²) in [6, 6.07) is 0. The van der Waals surface area contributed by atoms with Crippen molar-refractivity contribution in [1.29, 1.82) is 0 Å². The highest BCUT2D eigenvalue weighted by atomic mass is 19.4. The molecule has 13 heavy (non-hydrogen) atoms. The zero-order valence-corrected chi connectivity index (χ0v) is 7.81. The third kappa shape index (κ3) is 6.19. The Morgan fingerprint density at radius 3 is 1.92 bits per heavy atom. The number of nitrogens with one attached hydrogen (secondary N) is 1. The summed E-state index contributed by atoms with van der Waals surface area (Å²) in [5.41, 5.74) is -0.748. The van der Waals surface area contributed by atoms with E-state index in [2.05, 4.69) is 31.0 Å². The molecule has 0 bridgehead atoms. The molecule has 1 heterocycles. The van der Waals surface area contributed by atoms with E-state index in [0.29, 0.717) is 0 Å². The van der Waals surface area contributed by atoms with E-state index >= 15 is 0 Å². The molecule has 0 atom stereocenters. The molecule has 2 nitrogen and oxygen atoms in total. The van der Waals surface area contributed by atoms with Gasteiger partial charge in [0.2, 0.25) is 0 Å². The van der Waals surface area contributed by atoms with Gasteiger partial charge in [-0.25, -0.2) is 0 Å². The van der Waals surface area contributed by atoms with Crippen LogP contribution in [0.3, 0.4) is 0 Å². The largest absolute Gasteiger partial charge is 0.419 e. The summed E-state index contributed by atoms with van der Waals surface area (Å²) in [5.74, 6) is 0.833. The minimum Gasteiger partial charge on any atom is -0.285 e. The Hall–Kier alpha value is -1.00. The van der Waals surface area contributed by atoms with Crippen molar-refractivity contribution >= 4 is 0 Å². The van der Waals surface area contributed by atoms with Crippen LogP contribution < -0.4 is 0 Å². The maximum atomic E-state index is 11.6. The molecule has 1 aromatic heterocycles. The number of H-pyrrole nitrogens is 1. The molecule has 76 valence electrons. The highest BCUT2D eigenvalue weighted by Crippen LogP contribution is 2.27. The number of aromatic amines is 1. The molecule has 0 aromatic carbocycles. The van der Waals surface area contributed by atoms with Crippen LogP contribution in [0.4, 0.5) is 13.2 Å². The van der Waals surface area contributed by atoms with E-state index in [1.54, 1.807) is 0 Å². The minimum absolute atomic E-state index is 0.736. The van der Waals surface area contributed by atoms with Gasteiger partial charge in [-0.2, -0.15) is 18.3 Å². The summed E-state index contributed by atoms with van der Waals surface area (Å²) < 4.78 is 34.7. The van der Waals surface area contributed by atoms with Crippen molar-refractivity contribution in [3.8, 4) is 0 Å². The van der Waals surface area contributed by atoms with Crippen LogP contribution in [0, 0.1) is 5.92 Å². The summed E-state index contributed by atoms with van der Waals surface area (Å²) in [6.45, 7) is 6.50. The van der Waals surface area contributed by atoms with Crippen LogP contribution in [0.5, 0.6) is 0 Å². The molecular weight excluding hydrogens is 181 g/mol. The lowest BCUT2D eigenvalue weighted by Gasteiger charge is -1.98. The topological polar surface area (TPSA) is 28.7 Å². The number of rotatable bonds is 0. The Kier molecular flexibility index (Phi) is 4.51. The fraction of sp³-hybridized carbons (Fsp3) is 0.625. The predicted octanol–water partition coefficient (Wildman–Crippen LogP) is 3.09. The molecular formula is C8H13F3N2. The van der Waals surface area contributed by atoms with Gasteiger partial charge in [0.05, 0.1) is 11.8 Å². The molecule has 0 amide bonds. The first-order chi connectivity index (χ1) is 5.84. The lowest BCUT2D eigenvalue weighted by molar-refractivity contribution is -0.137. The highest BCUT2D eigenvalue weighted by molar-refractivity contribution is 5.06. The molecule has 0 aliphatic carbocycles. The molecule has 1 rings (SSSR count). The lowest BCUT2D eigenvalue weighted by atomic mass is 10.3. The van der Waals surface area contributed by atoms with Gasteiger partial charge in [-0.3, -0.25) is 5.10 Å². The monoisotopic (exact) mass is 194 g/mol. The molecule has 0 saturated heterocycles. The van der Waals surface area contributed by atoms with Gasteiger partial charge in [-0.1, -0.05) is 20.8 Å². The average molecular weight is 194 g/mol. The van der Waals surface area contributed by atoms with Crippen molar-refractivity contribution in [1.82, 2.24) is 10.2 Å². The van der Waals surface area contributed by atoms with Crippen molar-refractivity contribution < 1.29 is 13.2 Å². The molecule has 5 heteroatoms. The lowest BCUT2D eigenvalue weighted by Crippen LogP contribution is -2.01. The van der Waals surface area contributed by atoms with Crippen molar-refractivity contribution in [3.05, 3.63) is 18.0 Å². The van der Waals surface area contributed by atoms with Crippen molar-refractivity contribution in [2.24, 2.45) is 5.92 Å². The number of alkyl halides is 3. The quantitative estimate of drug-likeness (QED) is 0.675. The maximum absolute atomic E-state index is 11.6. The first kappa shape index (κ1) is 12.0. The average Bonchev–Trinajstić information content (AvgIpc) is 2.31. The molecule has 0 unspecified atom stereocenters. The second-order valence-corrected chi connectivity index (χ2v) is 3.22. The van der Waals surface area contributed by atoms with Crippen molar-refractivity contribution in [3.63, 3.8) is 0 Å². The second-order valence-electron chi connectivity index (χ2n) is 3.22. The zero-order valence-electron chi connectivity index (χ0n) is 7.81. The number of aromatic nitrogens is 2. The van der Waals surface area contributed by atoms with Crippen LogP contribution in [0.1, 0.15) is 26.3 Å². The Morgan fingerprint density at radius 1 is 1.31 bits per heavy atom. The molecule has 1 aromatic rings. The third-order valence-corrected chi connectivity index (χ3v) is 0.826. The van der Waals surface area contributed by atoms with Gasteiger partial charge in [0, 0.05) is 6.20 Å². The van der Waals surface area contributed by atoms with Crippen LogP contribution in [-0.4, -0.2) is 10.2 Å². The third-order valence-electron chi connectivity index (χ3n) is 0.826. The summed E-state index contributed by atoms with van der Waals surface area (Å²) in [5, 5.41) is 5.21. The minimum atomic E-state index is -4.27. The van der Waals surface area contributed by atoms with Crippen LogP contribution in [0.25, 0.3) is 0 Å². The Labute approximate surface area is 75.2 Å². The Morgan fingerprint density at radius 2 is 1.77 bits per heavy atom. The van der Waals surface area contributed by atoms with Crippen LogP contribution in [0.2, 0.25) is 0 Å². The number of nitrogens with zero attached hydrogens (tertiary/aromatic N) is 1. The van der Waals surface area contributed by atoms with E-state index in [0.717, 1.165) is 18.3 Å². The van der Waals surface area contributed by atoms with E-state index in [-0.39, 0.29) is 0 Å².